The first-order valence-electron chi connectivity index (χ1n) is 5.60. The molecule has 1 fully saturated rings. The fourth-order valence-electron chi connectivity index (χ4n) is 2.03. The number of alkyl halides is 2. The van der Waals surface area contributed by atoms with Crippen molar-refractivity contribution in [2.24, 2.45) is 0 Å². The minimum atomic E-state index is -3.66. The van der Waals surface area contributed by atoms with Gasteiger partial charge in [-0.15, -0.1) is 5.10 Å². The minimum absolute atomic E-state index is 0.0122. The van der Waals surface area contributed by atoms with E-state index in [1.165, 1.54) is 0 Å². The maximum Gasteiger partial charge on any atom is 0.321 e. The Bertz CT molecular complexity index is 650. The molecule has 0 amide bonds. The molecule has 1 aliphatic heterocycles. The van der Waals surface area contributed by atoms with Gasteiger partial charge in [-0.3, -0.25) is 0 Å². The summed E-state index contributed by atoms with van der Waals surface area (Å²) in [5.74, 6) is -3.67. The topological polar surface area (TPSA) is 132 Å². The van der Waals surface area contributed by atoms with Gasteiger partial charge in [0.25, 0.3) is 0 Å². The number of fused-ring (bicyclic) bond motifs is 1. The highest BCUT2D eigenvalue weighted by Crippen LogP contribution is 2.43. The van der Waals surface area contributed by atoms with E-state index in [9.17, 15) is 13.9 Å². The molecular weight excluding hydrogens is 278 g/mol. The predicted molar refractivity (Wildman–Crippen MR) is 59.5 cm³/mol. The number of halogens is 2. The van der Waals surface area contributed by atoms with Crippen molar-refractivity contribution in [1.82, 2.24) is 25.0 Å². The molecule has 4 N–H and O–H groups in total. The van der Waals surface area contributed by atoms with Crippen LogP contribution in [0.2, 0.25) is 0 Å². The largest absolute Gasteiger partial charge is 0.394 e. The van der Waals surface area contributed by atoms with Gasteiger partial charge in [0.15, 0.2) is 23.1 Å². The van der Waals surface area contributed by atoms with E-state index in [-0.39, 0.29) is 17.0 Å². The summed E-state index contributed by atoms with van der Waals surface area (Å²) < 4.78 is 33.6. The summed E-state index contributed by atoms with van der Waals surface area (Å²) in [6, 6.07) is 0. The SMILES string of the molecule is Nc1ncnc2c1nnn2C1O[C@H](CO)[C@@H](O)C1(F)F. The monoisotopic (exact) mass is 288 g/mol. The Labute approximate surface area is 110 Å². The van der Waals surface area contributed by atoms with Gasteiger partial charge in [0.05, 0.1) is 6.61 Å². The Morgan fingerprint density at radius 3 is 2.85 bits per heavy atom. The molecule has 3 atom stereocenters. The molecule has 0 aromatic carbocycles. The van der Waals surface area contributed by atoms with Crippen LogP contribution in [0, 0.1) is 0 Å². The zero-order valence-corrected chi connectivity index (χ0v) is 9.89. The summed E-state index contributed by atoms with van der Waals surface area (Å²) in [4.78, 5) is 7.44. The molecule has 20 heavy (non-hydrogen) atoms. The average molecular weight is 288 g/mol. The summed E-state index contributed by atoms with van der Waals surface area (Å²) in [5, 5.41) is 25.5. The average Bonchev–Trinajstić information content (AvgIpc) is 2.92. The van der Waals surface area contributed by atoms with Crippen LogP contribution in [-0.4, -0.2) is 59.9 Å². The van der Waals surface area contributed by atoms with E-state index in [2.05, 4.69) is 20.3 Å². The van der Waals surface area contributed by atoms with Crippen molar-refractivity contribution in [3.8, 4) is 0 Å². The second-order valence-corrected chi connectivity index (χ2v) is 4.29. The molecule has 108 valence electrons. The number of ether oxygens (including phenoxy) is 1. The Hall–Kier alpha value is -1.98. The van der Waals surface area contributed by atoms with Gasteiger partial charge in [-0.1, -0.05) is 5.21 Å². The molecule has 0 spiro atoms. The van der Waals surface area contributed by atoms with Gasteiger partial charge >= 0.3 is 5.92 Å². The smallest absolute Gasteiger partial charge is 0.321 e. The molecule has 0 bridgehead atoms. The minimum Gasteiger partial charge on any atom is -0.394 e. The Balaban J connectivity index is 2.10. The van der Waals surface area contributed by atoms with Crippen LogP contribution in [0.3, 0.4) is 0 Å². The van der Waals surface area contributed by atoms with Crippen LogP contribution in [0.25, 0.3) is 11.2 Å². The van der Waals surface area contributed by atoms with E-state index < -0.39 is 31.0 Å². The van der Waals surface area contributed by atoms with Crippen LogP contribution in [0.4, 0.5) is 14.6 Å². The van der Waals surface area contributed by atoms with Gasteiger partial charge in [-0.2, -0.15) is 13.5 Å². The maximum absolute atomic E-state index is 14.0. The first kappa shape index (κ1) is 13.0. The third-order valence-electron chi connectivity index (χ3n) is 3.07. The number of hydrogen-bond donors (Lipinski definition) is 3. The summed E-state index contributed by atoms with van der Waals surface area (Å²) in [6.45, 7) is -0.753. The molecule has 3 heterocycles. The molecular formula is C9H10F2N6O3. The molecule has 11 heteroatoms. The molecule has 2 aromatic heterocycles. The quantitative estimate of drug-likeness (QED) is 0.620. The standard InChI is InChI=1S/C9H10F2N6O3/c10-9(11)5(19)3(1-18)20-8(9)17-7-4(15-16-17)6(12)13-2-14-7/h2-3,5,8,18-19H,1H2,(H2,12,13,14)/t3-,5-,8?/m1/s1. The summed E-state index contributed by atoms with van der Waals surface area (Å²) >= 11 is 0. The number of aliphatic hydroxyl groups excluding tert-OH is 2. The Morgan fingerprint density at radius 1 is 1.45 bits per heavy atom. The van der Waals surface area contributed by atoms with Crippen molar-refractivity contribution in [2.75, 3.05) is 12.3 Å². The van der Waals surface area contributed by atoms with Gasteiger partial charge < -0.3 is 20.7 Å². The van der Waals surface area contributed by atoms with Crippen molar-refractivity contribution in [2.45, 2.75) is 24.4 Å². The molecule has 2 aromatic rings. The summed E-state index contributed by atoms with van der Waals surface area (Å²) in [6.07, 6.45) is -4.44. The van der Waals surface area contributed by atoms with E-state index in [1.54, 1.807) is 0 Å². The normalized spacial score (nSPS) is 29.1. The Morgan fingerprint density at radius 2 is 2.20 bits per heavy atom. The number of rotatable bonds is 2. The summed E-state index contributed by atoms with van der Waals surface area (Å²) in [5.41, 5.74) is 5.53. The Kier molecular flexibility index (Phi) is 2.77. The van der Waals surface area contributed by atoms with Crippen LogP contribution < -0.4 is 5.73 Å². The van der Waals surface area contributed by atoms with Crippen LogP contribution >= 0.6 is 0 Å². The number of aliphatic hydroxyl groups is 2. The van der Waals surface area contributed by atoms with E-state index in [4.69, 9.17) is 15.6 Å². The van der Waals surface area contributed by atoms with E-state index in [1.807, 2.05) is 0 Å². The molecule has 1 aliphatic rings. The van der Waals surface area contributed by atoms with Gasteiger partial charge in [0.2, 0.25) is 6.23 Å². The fourth-order valence-corrected chi connectivity index (χ4v) is 2.03. The van der Waals surface area contributed by atoms with Crippen LogP contribution in [0.5, 0.6) is 0 Å². The van der Waals surface area contributed by atoms with Crippen molar-refractivity contribution in [3.05, 3.63) is 6.33 Å². The highest BCUT2D eigenvalue weighted by atomic mass is 19.3. The van der Waals surface area contributed by atoms with Crippen molar-refractivity contribution >= 4 is 17.0 Å². The molecule has 9 nitrogen and oxygen atoms in total. The zero-order valence-electron chi connectivity index (χ0n) is 9.89. The maximum atomic E-state index is 14.0. The fraction of sp³-hybridized carbons (Fsp3) is 0.556. The summed E-state index contributed by atoms with van der Waals surface area (Å²) in [7, 11) is 0. The zero-order chi connectivity index (χ0) is 14.5. The molecule has 0 saturated carbocycles. The number of nitrogen functional groups attached to an aromatic ring is 1. The lowest BCUT2D eigenvalue weighted by molar-refractivity contribution is -0.142. The van der Waals surface area contributed by atoms with Crippen LogP contribution in [0.15, 0.2) is 6.33 Å². The van der Waals surface area contributed by atoms with Crippen molar-refractivity contribution < 1.29 is 23.7 Å². The first-order chi connectivity index (χ1) is 9.46. The van der Waals surface area contributed by atoms with Crippen molar-refractivity contribution in [1.29, 1.82) is 0 Å². The van der Waals surface area contributed by atoms with Crippen LogP contribution in [-0.2, 0) is 4.74 Å². The van der Waals surface area contributed by atoms with E-state index >= 15 is 0 Å². The van der Waals surface area contributed by atoms with Gasteiger partial charge in [-0.25, -0.2) is 9.97 Å². The molecule has 1 saturated heterocycles. The number of anilines is 1. The van der Waals surface area contributed by atoms with Gasteiger partial charge in [0.1, 0.15) is 12.4 Å². The predicted octanol–water partition coefficient (Wildman–Crippen LogP) is -1.31. The third kappa shape index (κ3) is 1.63. The number of nitrogens with zero attached hydrogens (tertiary/aromatic N) is 5. The molecule has 0 aliphatic carbocycles. The number of nitrogens with two attached hydrogens (primary N) is 1. The van der Waals surface area contributed by atoms with Crippen molar-refractivity contribution in [3.63, 3.8) is 0 Å². The number of hydrogen-bond acceptors (Lipinski definition) is 8. The van der Waals surface area contributed by atoms with Crippen LogP contribution in [0.1, 0.15) is 6.23 Å². The second kappa shape index (κ2) is 4.26. The van der Waals surface area contributed by atoms with E-state index in [0.717, 1.165) is 6.33 Å². The number of aromatic nitrogens is 5. The molecule has 1 unspecified atom stereocenters. The molecule has 3 rings (SSSR count). The highest BCUT2D eigenvalue weighted by molar-refractivity contribution is 5.80. The van der Waals surface area contributed by atoms with E-state index in [0.29, 0.717) is 4.68 Å². The highest BCUT2D eigenvalue weighted by Gasteiger charge is 2.60. The third-order valence-corrected chi connectivity index (χ3v) is 3.07. The lowest BCUT2D eigenvalue weighted by Crippen LogP contribution is -2.39. The lowest BCUT2D eigenvalue weighted by Gasteiger charge is -2.19. The molecule has 0 radical (unpaired) electrons. The van der Waals surface area contributed by atoms with Gasteiger partial charge in [-0.05, 0) is 0 Å². The first-order valence-corrected chi connectivity index (χ1v) is 5.60. The van der Waals surface area contributed by atoms with Gasteiger partial charge in [0, 0.05) is 0 Å². The second-order valence-electron chi connectivity index (χ2n) is 4.29. The lowest BCUT2D eigenvalue weighted by atomic mass is 10.1.